The van der Waals surface area contributed by atoms with Crippen LogP contribution in [0.15, 0.2) is 108 Å². The van der Waals surface area contributed by atoms with E-state index in [1.807, 2.05) is 108 Å². The molecule has 2 aromatic heterocycles. The van der Waals surface area contributed by atoms with Crippen molar-refractivity contribution in [3.05, 3.63) is 115 Å². The second-order valence-corrected chi connectivity index (χ2v) is 8.25. The average Bonchev–Trinajstić information content (AvgIpc) is 3.57. The quantitative estimate of drug-likeness (QED) is 0.315. The summed E-state index contributed by atoms with van der Waals surface area (Å²) in [6.07, 6.45) is 5.29. The summed E-state index contributed by atoms with van der Waals surface area (Å²) in [5.41, 5.74) is 4.83. The largest absolute Gasteiger partial charge is 0.440 e. The second kappa shape index (κ2) is 10.7. The van der Waals surface area contributed by atoms with Gasteiger partial charge >= 0.3 is 0 Å². The first kappa shape index (κ1) is 22.3. The Balaban J connectivity index is 1.18. The van der Waals surface area contributed by atoms with E-state index in [2.05, 4.69) is 10.4 Å². The molecule has 0 atom stereocenters. The lowest BCUT2D eigenvalue weighted by atomic mass is 10.1. The summed E-state index contributed by atoms with van der Waals surface area (Å²) in [4.78, 5) is 17.2. The second-order valence-electron chi connectivity index (χ2n) is 8.25. The molecule has 174 valence electrons. The van der Waals surface area contributed by atoms with Gasteiger partial charge in [-0.3, -0.25) is 4.79 Å². The van der Waals surface area contributed by atoms with Gasteiger partial charge in [-0.1, -0.05) is 78.9 Å². The number of aryl methyl sites for hydroxylation is 1. The molecule has 5 rings (SSSR count). The van der Waals surface area contributed by atoms with Crippen LogP contribution >= 0.6 is 0 Å². The van der Waals surface area contributed by atoms with Crippen LogP contribution in [0.1, 0.15) is 17.9 Å². The summed E-state index contributed by atoms with van der Waals surface area (Å²) in [6, 6.07) is 29.9. The molecule has 3 aromatic carbocycles. The molecular formula is C29H26N4O2. The lowest BCUT2D eigenvalue weighted by Gasteiger charge is -2.03. The van der Waals surface area contributed by atoms with Crippen molar-refractivity contribution in [3.63, 3.8) is 0 Å². The van der Waals surface area contributed by atoms with Gasteiger partial charge in [0.2, 0.25) is 5.91 Å². The zero-order valence-electron chi connectivity index (χ0n) is 19.3. The van der Waals surface area contributed by atoms with Gasteiger partial charge in [0.05, 0.1) is 11.9 Å². The maximum atomic E-state index is 12.5. The van der Waals surface area contributed by atoms with E-state index in [1.54, 1.807) is 0 Å². The van der Waals surface area contributed by atoms with Crippen LogP contribution < -0.4 is 5.32 Å². The molecule has 0 spiro atoms. The molecule has 0 bridgehead atoms. The van der Waals surface area contributed by atoms with E-state index in [4.69, 9.17) is 9.40 Å². The van der Waals surface area contributed by atoms with Gasteiger partial charge in [0, 0.05) is 36.7 Å². The van der Waals surface area contributed by atoms with E-state index < -0.39 is 0 Å². The lowest BCUT2D eigenvalue weighted by molar-refractivity contribution is -0.121. The van der Waals surface area contributed by atoms with Crippen LogP contribution in [0.25, 0.3) is 28.3 Å². The number of hydrogen-bond donors (Lipinski definition) is 1. The topological polar surface area (TPSA) is 73.0 Å². The highest BCUT2D eigenvalue weighted by Crippen LogP contribution is 2.32. The Bertz CT molecular complexity index is 1320. The van der Waals surface area contributed by atoms with Gasteiger partial charge in [0.15, 0.2) is 11.7 Å². The molecule has 0 radical (unpaired) electrons. The number of nitrogens with zero attached hydrogens (tertiary/aromatic N) is 3. The molecule has 0 aliphatic rings. The minimum Gasteiger partial charge on any atom is -0.440 e. The van der Waals surface area contributed by atoms with Gasteiger partial charge in [0.25, 0.3) is 0 Å². The number of amides is 1. The van der Waals surface area contributed by atoms with Crippen molar-refractivity contribution in [2.24, 2.45) is 0 Å². The molecule has 0 unspecified atom stereocenters. The zero-order valence-corrected chi connectivity index (χ0v) is 19.3. The molecule has 6 heteroatoms. The maximum Gasteiger partial charge on any atom is 0.220 e. The van der Waals surface area contributed by atoms with Gasteiger partial charge in [-0.25, -0.2) is 9.67 Å². The van der Waals surface area contributed by atoms with E-state index in [-0.39, 0.29) is 5.91 Å². The molecule has 6 nitrogen and oxygen atoms in total. The molecule has 2 heterocycles. The van der Waals surface area contributed by atoms with Crippen LogP contribution in [0.3, 0.4) is 0 Å². The summed E-state index contributed by atoms with van der Waals surface area (Å²) >= 11 is 0. The van der Waals surface area contributed by atoms with Crippen molar-refractivity contribution < 1.29 is 9.21 Å². The standard InChI is InChI=1S/C29H26N4O2/c34-26(30-19-18-22-20-31-33(21-22)25-14-8-3-9-15-25)16-17-27-32-28(23-10-4-1-5-11-23)29(35-27)24-12-6-2-7-13-24/h1-15,20-21H,16-19H2,(H,30,34). The van der Waals surface area contributed by atoms with Crippen LogP contribution in [-0.2, 0) is 17.6 Å². The Hall–Kier alpha value is -4.45. The summed E-state index contributed by atoms with van der Waals surface area (Å²) < 4.78 is 7.96. The number of para-hydroxylation sites is 1. The van der Waals surface area contributed by atoms with E-state index in [1.165, 1.54) is 0 Å². The first-order chi connectivity index (χ1) is 17.3. The molecule has 0 fully saturated rings. The molecule has 0 aliphatic heterocycles. The predicted molar refractivity (Wildman–Crippen MR) is 136 cm³/mol. The third-order valence-corrected chi connectivity index (χ3v) is 5.71. The Kier molecular flexibility index (Phi) is 6.80. The highest BCUT2D eigenvalue weighted by molar-refractivity contribution is 5.77. The normalized spacial score (nSPS) is 10.9. The van der Waals surface area contributed by atoms with Crippen LogP contribution in [0.5, 0.6) is 0 Å². The number of carbonyl (C=O) groups is 1. The van der Waals surface area contributed by atoms with Crippen molar-refractivity contribution in [2.75, 3.05) is 6.54 Å². The number of hydrogen-bond acceptors (Lipinski definition) is 4. The molecular weight excluding hydrogens is 436 g/mol. The summed E-state index contributed by atoms with van der Waals surface area (Å²) in [5.74, 6) is 1.26. The minimum atomic E-state index is -0.0267. The van der Waals surface area contributed by atoms with Gasteiger partial charge in [-0.15, -0.1) is 0 Å². The van der Waals surface area contributed by atoms with Gasteiger partial charge in [0.1, 0.15) is 5.69 Å². The molecule has 0 saturated carbocycles. The number of oxazole rings is 1. The number of rotatable bonds is 9. The fourth-order valence-corrected chi connectivity index (χ4v) is 3.91. The monoisotopic (exact) mass is 462 g/mol. The fourth-order valence-electron chi connectivity index (χ4n) is 3.91. The molecule has 35 heavy (non-hydrogen) atoms. The average molecular weight is 463 g/mol. The minimum absolute atomic E-state index is 0.0267. The number of benzene rings is 3. The Labute approximate surface area is 204 Å². The van der Waals surface area contributed by atoms with Gasteiger partial charge in [-0.2, -0.15) is 5.10 Å². The summed E-state index contributed by atoms with van der Waals surface area (Å²) in [5, 5.41) is 7.39. The van der Waals surface area contributed by atoms with E-state index in [9.17, 15) is 4.79 Å². The third kappa shape index (κ3) is 5.55. The smallest absolute Gasteiger partial charge is 0.220 e. The van der Waals surface area contributed by atoms with Crippen molar-refractivity contribution in [2.45, 2.75) is 19.3 Å². The predicted octanol–water partition coefficient (Wildman–Crippen LogP) is 5.49. The SMILES string of the molecule is O=C(CCc1nc(-c2ccccc2)c(-c2ccccc2)o1)NCCc1cnn(-c2ccccc2)c1. The summed E-state index contributed by atoms with van der Waals surface area (Å²) in [6.45, 7) is 0.551. The van der Waals surface area contributed by atoms with Crippen molar-refractivity contribution >= 4 is 5.91 Å². The first-order valence-electron chi connectivity index (χ1n) is 11.7. The summed E-state index contributed by atoms with van der Waals surface area (Å²) in [7, 11) is 0. The van der Waals surface area contributed by atoms with Crippen LogP contribution in [0.2, 0.25) is 0 Å². The molecule has 0 aliphatic carbocycles. The fraction of sp³-hybridized carbons (Fsp3) is 0.138. The number of nitrogens with one attached hydrogen (secondary N) is 1. The van der Waals surface area contributed by atoms with E-state index in [0.29, 0.717) is 31.7 Å². The zero-order chi connectivity index (χ0) is 23.9. The third-order valence-electron chi connectivity index (χ3n) is 5.71. The Morgan fingerprint density at radius 1 is 0.829 bits per heavy atom. The van der Waals surface area contributed by atoms with Crippen LogP contribution in [0, 0.1) is 0 Å². The van der Waals surface area contributed by atoms with Gasteiger partial charge in [-0.05, 0) is 24.1 Å². The van der Waals surface area contributed by atoms with Crippen LogP contribution in [0.4, 0.5) is 0 Å². The molecule has 5 aromatic rings. The lowest BCUT2D eigenvalue weighted by Crippen LogP contribution is -2.25. The molecule has 1 N–H and O–H groups in total. The highest BCUT2D eigenvalue weighted by atomic mass is 16.4. The Morgan fingerprint density at radius 3 is 2.20 bits per heavy atom. The highest BCUT2D eigenvalue weighted by Gasteiger charge is 2.17. The van der Waals surface area contributed by atoms with Crippen molar-refractivity contribution in [1.82, 2.24) is 20.1 Å². The number of aromatic nitrogens is 3. The van der Waals surface area contributed by atoms with Gasteiger partial charge < -0.3 is 9.73 Å². The van der Waals surface area contributed by atoms with E-state index in [0.717, 1.165) is 33.8 Å². The number of carbonyl (C=O) groups excluding carboxylic acids is 1. The first-order valence-corrected chi connectivity index (χ1v) is 11.7. The Morgan fingerprint density at radius 2 is 1.49 bits per heavy atom. The molecule has 0 saturated heterocycles. The van der Waals surface area contributed by atoms with Crippen molar-refractivity contribution in [1.29, 1.82) is 0 Å². The van der Waals surface area contributed by atoms with E-state index >= 15 is 0 Å². The van der Waals surface area contributed by atoms with Crippen LogP contribution in [-0.4, -0.2) is 27.2 Å². The van der Waals surface area contributed by atoms with Crippen molar-refractivity contribution in [3.8, 4) is 28.3 Å². The maximum absolute atomic E-state index is 12.5. The molecule has 1 amide bonds.